The Balaban J connectivity index is 2.81. The van der Waals surface area contributed by atoms with Gasteiger partial charge in [0.25, 0.3) is 0 Å². The third-order valence-corrected chi connectivity index (χ3v) is 1.66. The quantitative estimate of drug-likeness (QED) is 0.444. The zero-order valence-corrected chi connectivity index (χ0v) is 6.23. The van der Waals surface area contributed by atoms with Gasteiger partial charge in [0, 0.05) is 17.3 Å². The average molecular weight is 164 g/mol. The van der Waals surface area contributed by atoms with E-state index in [1.807, 2.05) is 0 Å². The van der Waals surface area contributed by atoms with Gasteiger partial charge in [0.05, 0.1) is 6.20 Å². The molecule has 6 nitrogen and oxygen atoms in total. The molecule has 0 saturated heterocycles. The van der Waals surface area contributed by atoms with Crippen molar-refractivity contribution in [1.29, 1.82) is 0 Å². The van der Waals surface area contributed by atoms with E-state index in [0.29, 0.717) is 11.6 Å². The smallest absolute Gasteiger partial charge is 0.155 e. The molecule has 0 unspecified atom stereocenters. The molecule has 0 fully saturated rings. The van der Waals surface area contributed by atoms with Crippen molar-refractivity contribution in [2.24, 2.45) is 0 Å². The molecule has 0 saturated carbocycles. The minimum absolute atomic E-state index is 0.333. The van der Waals surface area contributed by atoms with Gasteiger partial charge >= 0.3 is 0 Å². The molecular formula is C6H8N6. The summed E-state index contributed by atoms with van der Waals surface area (Å²) in [7, 11) is 0. The minimum Gasteiger partial charge on any atom is -0.383 e. The Morgan fingerprint density at radius 2 is 1.92 bits per heavy atom. The molecule has 0 aromatic heterocycles. The van der Waals surface area contributed by atoms with Gasteiger partial charge < -0.3 is 17.3 Å². The second kappa shape index (κ2) is 2.00. The lowest BCUT2D eigenvalue weighted by molar-refractivity contribution is 0.808. The minimum atomic E-state index is 0.333. The topological polar surface area (TPSA) is 109 Å². The predicted octanol–water partition coefficient (Wildman–Crippen LogP) is -0.739. The van der Waals surface area contributed by atoms with Crippen LogP contribution in [0.3, 0.4) is 0 Å². The van der Waals surface area contributed by atoms with E-state index in [0.717, 1.165) is 15.9 Å². The summed E-state index contributed by atoms with van der Waals surface area (Å²) in [6.07, 6.45) is 3.15. The molecule has 0 aromatic rings. The number of hydrogen-bond donors (Lipinski definition) is 3. The molecule has 0 amide bonds. The maximum Gasteiger partial charge on any atom is 0.155 e. The first-order chi connectivity index (χ1) is 5.68. The SMILES string of the molecule is Nc1ncc2c(N)nn(N)cc1-2. The van der Waals surface area contributed by atoms with Crippen LogP contribution in [0.25, 0.3) is 11.1 Å². The van der Waals surface area contributed by atoms with Crippen LogP contribution in [0.1, 0.15) is 0 Å². The van der Waals surface area contributed by atoms with Gasteiger partial charge in [-0.05, 0) is 0 Å². The summed E-state index contributed by atoms with van der Waals surface area (Å²) in [5.74, 6) is 6.14. The Hall–Kier alpha value is -1.98. The summed E-state index contributed by atoms with van der Waals surface area (Å²) in [6, 6.07) is 0. The highest BCUT2D eigenvalue weighted by atomic mass is 15.5. The van der Waals surface area contributed by atoms with Crippen molar-refractivity contribution in [1.82, 2.24) is 14.9 Å². The summed E-state index contributed by atoms with van der Waals surface area (Å²) in [6.45, 7) is 0. The van der Waals surface area contributed by atoms with Gasteiger partial charge in [-0.1, -0.05) is 0 Å². The van der Waals surface area contributed by atoms with E-state index in [4.69, 9.17) is 17.3 Å². The standard InChI is InChI=1S/C6H8N6/c7-5-4-2-12(9)11-6(8)3(4)1-10-5/h1-2H,9H2,(H2,7,10)(H2,8,11). The van der Waals surface area contributed by atoms with Crippen LogP contribution in [0, 0.1) is 0 Å². The Bertz CT molecular complexity index is 392. The highest BCUT2D eigenvalue weighted by Gasteiger charge is 2.13. The number of hydrogen-bond acceptors (Lipinski definition) is 5. The van der Waals surface area contributed by atoms with Crippen LogP contribution in [-0.2, 0) is 0 Å². The summed E-state index contributed by atoms with van der Waals surface area (Å²) >= 11 is 0. The zero-order chi connectivity index (χ0) is 8.72. The predicted molar refractivity (Wildman–Crippen MR) is 45.6 cm³/mol. The molecule has 2 heterocycles. The van der Waals surface area contributed by atoms with Crippen LogP contribution in [0.4, 0.5) is 11.6 Å². The van der Waals surface area contributed by atoms with E-state index in [1.165, 1.54) is 0 Å². The summed E-state index contributed by atoms with van der Waals surface area (Å²) < 4.78 is 0. The van der Waals surface area contributed by atoms with Crippen molar-refractivity contribution in [3.63, 3.8) is 0 Å². The highest BCUT2D eigenvalue weighted by molar-refractivity contribution is 5.81. The average Bonchev–Trinajstić information content (AvgIpc) is 2.33. The summed E-state index contributed by atoms with van der Waals surface area (Å²) in [5.41, 5.74) is 12.6. The fourth-order valence-electron chi connectivity index (χ4n) is 1.09. The molecule has 62 valence electrons. The third kappa shape index (κ3) is 0.746. The van der Waals surface area contributed by atoms with E-state index in [2.05, 4.69) is 10.1 Å². The molecule has 0 radical (unpaired) electrons. The molecule has 12 heavy (non-hydrogen) atoms. The number of nitrogen functional groups attached to an aromatic ring is 3. The van der Waals surface area contributed by atoms with Crippen LogP contribution in [0.2, 0.25) is 0 Å². The number of nitrogens with two attached hydrogens (primary N) is 3. The second-order valence-electron chi connectivity index (χ2n) is 2.47. The first-order valence-corrected chi connectivity index (χ1v) is 3.33. The van der Waals surface area contributed by atoms with Crippen LogP contribution >= 0.6 is 0 Å². The number of anilines is 2. The lowest BCUT2D eigenvalue weighted by Gasteiger charge is -2.04. The van der Waals surface area contributed by atoms with Crippen molar-refractivity contribution < 1.29 is 0 Å². The van der Waals surface area contributed by atoms with Gasteiger partial charge in [-0.3, -0.25) is 0 Å². The Kier molecular flexibility index (Phi) is 1.12. The fraction of sp³-hybridized carbons (Fsp3) is 0. The van der Waals surface area contributed by atoms with Gasteiger partial charge in [-0.2, -0.15) is 4.79 Å². The molecule has 0 bridgehead atoms. The maximum absolute atomic E-state index is 5.56. The Morgan fingerprint density at radius 3 is 2.67 bits per heavy atom. The van der Waals surface area contributed by atoms with E-state index >= 15 is 0 Å². The second-order valence-corrected chi connectivity index (χ2v) is 2.47. The molecule has 2 aliphatic heterocycles. The third-order valence-electron chi connectivity index (χ3n) is 1.66. The molecule has 0 aromatic carbocycles. The van der Waals surface area contributed by atoms with Crippen LogP contribution in [0.15, 0.2) is 12.4 Å². The number of aromatic nitrogens is 3. The number of rotatable bonds is 0. The van der Waals surface area contributed by atoms with Gasteiger partial charge in [0.1, 0.15) is 5.82 Å². The first kappa shape index (κ1) is 6.71. The van der Waals surface area contributed by atoms with Gasteiger partial charge in [0.2, 0.25) is 0 Å². The molecule has 6 N–H and O–H groups in total. The monoisotopic (exact) mass is 164 g/mol. The normalized spacial score (nSPS) is 10.7. The van der Waals surface area contributed by atoms with Crippen molar-refractivity contribution in [2.75, 3.05) is 17.3 Å². The van der Waals surface area contributed by atoms with Crippen LogP contribution in [0.5, 0.6) is 0 Å². The van der Waals surface area contributed by atoms with Crippen LogP contribution in [-0.4, -0.2) is 14.9 Å². The van der Waals surface area contributed by atoms with Gasteiger partial charge in [-0.15, -0.1) is 5.10 Å². The Morgan fingerprint density at radius 1 is 1.17 bits per heavy atom. The molecule has 0 spiro atoms. The summed E-state index contributed by atoms with van der Waals surface area (Å²) in [5, 5.41) is 3.79. The fourth-order valence-corrected chi connectivity index (χ4v) is 1.09. The molecule has 0 aliphatic carbocycles. The molecule has 2 rings (SSSR count). The van der Waals surface area contributed by atoms with Crippen molar-refractivity contribution in [3.05, 3.63) is 12.4 Å². The molecule has 0 atom stereocenters. The highest BCUT2D eigenvalue weighted by Crippen LogP contribution is 2.29. The molecule has 6 heteroatoms. The van der Waals surface area contributed by atoms with Crippen molar-refractivity contribution in [2.45, 2.75) is 0 Å². The summed E-state index contributed by atoms with van der Waals surface area (Å²) in [4.78, 5) is 5.01. The zero-order valence-electron chi connectivity index (χ0n) is 6.23. The van der Waals surface area contributed by atoms with Crippen LogP contribution < -0.4 is 17.3 Å². The number of fused-ring (bicyclic) bond motifs is 1. The van der Waals surface area contributed by atoms with Crippen molar-refractivity contribution in [3.8, 4) is 11.1 Å². The van der Waals surface area contributed by atoms with Gasteiger partial charge in [-0.25, -0.2) is 4.98 Å². The number of nitrogens with zero attached hydrogens (tertiary/aromatic N) is 3. The van der Waals surface area contributed by atoms with Gasteiger partial charge in [0.15, 0.2) is 5.82 Å². The maximum atomic E-state index is 5.56. The van der Waals surface area contributed by atoms with E-state index in [9.17, 15) is 0 Å². The Labute approximate surface area is 68.3 Å². The van der Waals surface area contributed by atoms with E-state index in [-0.39, 0.29) is 0 Å². The van der Waals surface area contributed by atoms with E-state index < -0.39 is 0 Å². The largest absolute Gasteiger partial charge is 0.383 e. The first-order valence-electron chi connectivity index (χ1n) is 3.33. The van der Waals surface area contributed by atoms with E-state index in [1.54, 1.807) is 12.4 Å². The molecule has 2 aliphatic rings. The van der Waals surface area contributed by atoms with Crippen molar-refractivity contribution >= 4 is 11.6 Å². The lowest BCUT2D eigenvalue weighted by atomic mass is 10.2. The molecular weight excluding hydrogens is 156 g/mol. The lowest BCUT2D eigenvalue weighted by Crippen LogP contribution is -2.15.